The second-order valence-electron chi connectivity index (χ2n) is 6.94. The van der Waals surface area contributed by atoms with Crippen molar-refractivity contribution < 1.29 is 26.0 Å². The van der Waals surface area contributed by atoms with Gasteiger partial charge in [-0.3, -0.25) is 0 Å². The Morgan fingerprint density at radius 3 is 2.35 bits per heavy atom. The number of H-pyrrole nitrogens is 1. The Morgan fingerprint density at radius 2 is 1.74 bits per heavy atom. The first-order valence-corrected chi connectivity index (χ1v) is 11.9. The van der Waals surface area contributed by atoms with E-state index < -0.39 is 49.1 Å². The highest BCUT2D eigenvalue weighted by molar-refractivity contribution is 7.98. The largest absolute Gasteiger partial charge is 0.356 e. The van der Waals surface area contributed by atoms with Gasteiger partial charge in [-0.1, -0.05) is 0 Å². The molecule has 0 amide bonds. The normalized spacial score (nSPS) is 15.7. The number of hydrogen-bond acceptors (Lipinski definition) is 6. The summed E-state index contributed by atoms with van der Waals surface area (Å²) in [7, 11) is -4.84. The molecule has 1 fully saturated rings. The van der Waals surface area contributed by atoms with Crippen molar-refractivity contribution in [1.29, 1.82) is 0 Å². The first-order chi connectivity index (χ1) is 14.7. The number of aromatic amines is 1. The second kappa shape index (κ2) is 8.28. The molecule has 1 aliphatic heterocycles. The minimum absolute atomic E-state index is 0.298. The van der Waals surface area contributed by atoms with Crippen LogP contribution in [0.25, 0.3) is 11.0 Å². The quantitative estimate of drug-likeness (QED) is 0.335. The molecule has 1 saturated heterocycles. The molecule has 4 rings (SSSR count). The lowest BCUT2D eigenvalue weighted by Gasteiger charge is -2.33. The van der Waals surface area contributed by atoms with Gasteiger partial charge in [0.05, 0.1) is 10.3 Å². The summed E-state index contributed by atoms with van der Waals surface area (Å²) in [5.74, 6) is -6.67. The Hall–Kier alpha value is -2.38. The summed E-state index contributed by atoms with van der Waals surface area (Å²) in [5, 5.41) is 0.811. The maximum absolute atomic E-state index is 14.3. The van der Waals surface area contributed by atoms with Gasteiger partial charge < -0.3 is 9.88 Å². The third-order valence-electron chi connectivity index (χ3n) is 5.10. The maximum atomic E-state index is 14.3. The van der Waals surface area contributed by atoms with Crippen LogP contribution in [0.3, 0.4) is 0 Å². The molecule has 0 aliphatic carbocycles. The van der Waals surface area contributed by atoms with Crippen molar-refractivity contribution in [3.05, 3.63) is 41.9 Å². The minimum Gasteiger partial charge on any atom is -0.356 e. The predicted octanol–water partition coefficient (Wildman–Crippen LogP) is 3.18. The molecule has 3 aromatic rings. The number of nitrogens with one attached hydrogen (secondary N) is 2. The lowest BCUT2D eigenvalue weighted by molar-refractivity contribution is 0.391. The van der Waals surface area contributed by atoms with Gasteiger partial charge in [0.25, 0.3) is 0 Å². The lowest BCUT2D eigenvalue weighted by Crippen LogP contribution is -2.45. The van der Waals surface area contributed by atoms with Gasteiger partial charge in [0.1, 0.15) is 17.8 Å². The van der Waals surface area contributed by atoms with Crippen molar-refractivity contribution in [2.75, 3.05) is 24.2 Å². The zero-order valence-electron chi connectivity index (χ0n) is 16.1. The monoisotopic (exact) mass is 475 g/mol. The van der Waals surface area contributed by atoms with Crippen LogP contribution in [0.5, 0.6) is 0 Å². The molecule has 2 aromatic heterocycles. The maximum Gasteiger partial charge on any atom is 0.246 e. The third-order valence-corrected chi connectivity index (χ3v) is 7.41. The highest BCUT2D eigenvalue weighted by atomic mass is 32.2. The average Bonchev–Trinajstić information content (AvgIpc) is 3.22. The summed E-state index contributed by atoms with van der Waals surface area (Å²) in [4.78, 5) is 10.8. The Labute approximate surface area is 179 Å². The molecule has 31 heavy (non-hydrogen) atoms. The van der Waals surface area contributed by atoms with Crippen molar-refractivity contribution in [3.8, 4) is 0 Å². The SMILES string of the molecule is CSc1c(F)c(F)c(S(=O)(=O)NC2CCN(c3ncnc4[nH]ccc34)CC2)c(F)c1F. The number of thioether (sulfide) groups is 1. The van der Waals surface area contributed by atoms with Gasteiger partial charge in [0, 0.05) is 25.3 Å². The number of hydrogen-bond donors (Lipinski definition) is 2. The molecule has 0 spiro atoms. The molecule has 1 aromatic carbocycles. The molecule has 0 bridgehead atoms. The Bertz CT molecular complexity index is 1210. The van der Waals surface area contributed by atoms with Gasteiger partial charge >= 0.3 is 0 Å². The first-order valence-electron chi connectivity index (χ1n) is 9.20. The van der Waals surface area contributed by atoms with Crippen LogP contribution in [0.15, 0.2) is 28.4 Å². The van der Waals surface area contributed by atoms with E-state index in [0.717, 1.165) is 5.39 Å². The zero-order valence-corrected chi connectivity index (χ0v) is 17.8. The number of halogens is 4. The second-order valence-corrected chi connectivity index (χ2v) is 9.41. The predicted molar refractivity (Wildman–Crippen MR) is 108 cm³/mol. The molecule has 7 nitrogen and oxygen atoms in total. The van der Waals surface area contributed by atoms with E-state index in [1.165, 1.54) is 12.6 Å². The number of piperidine rings is 1. The van der Waals surface area contributed by atoms with Crippen LogP contribution < -0.4 is 9.62 Å². The van der Waals surface area contributed by atoms with Gasteiger partial charge in [0.15, 0.2) is 28.2 Å². The van der Waals surface area contributed by atoms with Gasteiger partial charge in [0.2, 0.25) is 10.0 Å². The van der Waals surface area contributed by atoms with Gasteiger partial charge in [-0.05, 0) is 25.2 Å². The van der Waals surface area contributed by atoms with Crippen LogP contribution >= 0.6 is 11.8 Å². The first kappa shape index (κ1) is 21.8. The molecular formula is C18H17F4N5O2S2. The smallest absolute Gasteiger partial charge is 0.246 e. The van der Waals surface area contributed by atoms with Gasteiger partial charge in [-0.15, -0.1) is 11.8 Å². The zero-order chi connectivity index (χ0) is 22.3. The molecule has 3 heterocycles. The van der Waals surface area contributed by atoms with Crippen molar-refractivity contribution in [2.45, 2.75) is 28.7 Å². The number of fused-ring (bicyclic) bond motifs is 1. The Balaban J connectivity index is 1.53. The summed E-state index contributed by atoms with van der Waals surface area (Å²) in [6.45, 7) is 0.813. The summed E-state index contributed by atoms with van der Waals surface area (Å²) in [5.41, 5.74) is 0.663. The number of nitrogens with zero attached hydrogens (tertiary/aromatic N) is 3. The van der Waals surface area contributed by atoms with E-state index in [4.69, 9.17) is 0 Å². The average molecular weight is 475 g/mol. The fourth-order valence-corrected chi connectivity index (χ4v) is 5.59. The fraction of sp³-hybridized carbons (Fsp3) is 0.333. The highest BCUT2D eigenvalue weighted by Gasteiger charge is 2.35. The van der Waals surface area contributed by atoms with E-state index in [-0.39, 0.29) is 0 Å². The van der Waals surface area contributed by atoms with Crippen LogP contribution in [0.4, 0.5) is 23.4 Å². The van der Waals surface area contributed by atoms with E-state index in [1.54, 1.807) is 6.20 Å². The van der Waals surface area contributed by atoms with E-state index in [1.807, 2.05) is 11.0 Å². The third kappa shape index (κ3) is 3.85. The van der Waals surface area contributed by atoms with Crippen molar-refractivity contribution in [3.63, 3.8) is 0 Å². The molecule has 1 aliphatic rings. The van der Waals surface area contributed by atoms with Crippen LogP contribution in [-0.4, -0.2) is 48.8 Å². The number of anilines is 1. The Kier molecular flexibility index (Phi) is 5.83. The lowest BCUT2D eigenvalue weighted by atomic mass is 10.1. The molecule has 0 unspecified atom stereocenters. The Morgan fingerprint density at radius 1 is 1.10 bits per heavy atom. The summed E-state index contributed by atoms with van der Waals surface area (Å²) < 4.78 is 84.0. The molecular weight excluding hydrogens is 458 g/mol. The molecule has 0 radical (unpaired) electrons. The summed E-state index contributed by atoms with van der Waals surface area (Å²) in [6.07, 6.45) is 4.96. The molecule has 13 heteroatoms. The van der Waals surface area contributed by atoms with Gasteiger partial charge in [-0.2, -0.15) is 0 Å². The summed E-state index contributed by atoms with van der Waals surface area (Å²) >= 11 is 0.442. The van der Waals surface area contributed by atoms with Gasteiger partial charge in [-0.25, -0.2) is 40.7 Å². The van der Waals surface area contributed by atoms with Crippen LogP contribution in [0, 0.1) is 23.3 Å². The fourth-order valence-electron chi connectivity index (χ4n) is 3.60. The standard InChI is InChI=1S/C18H17F4N5O2S2/c1-30-15-11(19)13(21)16(14(22)12(15)20)31(28,29)26-9-3-6-27(7-4-9)18-10-2-5-23-17(10)24-8-25-18/h2,5,8-9,26H,3-4,6-7H2,1H3,(H,23,24,25). The number of sulfonamides is 1. The topological polar surface area (TPSA) is 91.0 Å². The molecule has 0 saturated carbocycles. The van der Waals surface area contributed by atoms with E-state index >= 15 is 0 Å². The molecule has 0 atom stereocenters. The van der Waals surface area contributed by atoms with E-state index in [2.05, 4.69) is 19.7 Å². The number of rotatable bonds is 5. The summed E-state index contributed by atoms with van der Waals surface area (Å²) in [6, 6.07) is 1.15. The van der Waals surface area contributed by atoms with E-state index in [9.17, 15) is 26.0 Å². The van der Waals surface area contributed by atoms with E-state index in [0.29, 0.717) is 49.2 Å². The molecule has 166 valence electrons. The minimum atomic E-state index is -4.84. The molecule has 2 N–H and O–H groups in total. The highest BCUT2D eigenvalue weighted by Crippen LogP contribution is 2.33. The number of aromatic nitrogens is 3. The van der Waals surface area contributed by atoms with Crippen LogP contribution in [0.1, 0.15) is 12.8 Å². The van der Waals surface area contributed by atoms with Crippen LogP contribution in [0.2, 0.25) is 0 Å². The van der Waals surface area contributed by atoms with Crippen molar-refractivity contribution in [1.82, 2.24) is 19.7 Å². The van der Waals surface area contributed by atoms with Crippen molar-refractivity contribution in [2.24, 2.45) is 0 Å². The van der Waals surface area contributed by atoms with Crippen LogP contribution in [-0.2, 0) is 10.0 Å². The number of benzene rings is 1. The van der Waals surface area contributed by atoms with Crippen molar-refractivity contribution >= 4 is 38.6 Å².